The second-order valence-electron chi connectivity index (χ2n) is 6.91. The first-order valence-electron chi connectivity index (χ1n) is 8.97. The van der Waals surface area contributed by atoms with Crippen LogP contribution in [0.1, 0.15) is 29.3 Å². The monoisotopic (exact) mass is 386 g/mol. The van der Waals surface area contributed by atoms with Gasteiger partial charge in [0, 0.05) is 10.6 Å². The fraction of sp³-hybridized carbons (Fsp3) is 0.400. The molecule has 0 bridgehead atoms. The van der Waals surface area contributed by atoms with Crippen LogP contribution in [0.5, 0.6) is 5.75 Å². The summed E-state index contributed by atoms with van der Waals surface area (Å²) in [4.78, 5) is 22.4. The Labute approximate surface area is 161 Å². The molecular formula is C20H22N2O2S2. The molecule has 0 amide bonds. The fourth-order valence-electron chi connectivity index (χ4n) is 3.33. The number of ether oxygens (including phenoxy) is 1. The van der Waals surface area contributed by atoms with Gasteiger partial charge in [0.05, 0.1) is 12.0 Å². The van der Waals surface area contributed by atoms with Gasteiger partial charge in [0.25, 0.3) is 5.56 Å². The maximum atomic E-state index is 12.6. The van der Waals surface area contributed by atoms with Gasteiger partial charge < -0.3 is 9.72 Å². The number of hydrogen-bond donors (Lipinski definition) is 1. The van der Waals surface area contributed by atoms with E-state index in [2.05, 4.69) is 18.8 Å². The number of thiophene rings is 1. The molecule has 0 saturated heterocycles. The molecule has 0 aliphatic heterocycles. The topological polar surface area (TPSA) is 55.0 Å². The molecule has 1 aromatic carbocycles. The van der Waals surface area contributed by atoms with Crippen LogP contribution >= 0.6 is 23.1 Å². The molecule has 0 radical (unpaired) electrons. The summed E-state index contributed by atoms with van der Waals surface area (Å²) >= 11 is 3.23. The molecule has 0 unspecified atom stereocenters. The van der Waals surface area contributed by atoms with E-state index in [1.165, 1.54) is 27.8 Å². The lowest BCUT2D eigenvalue weighted by atomic mass is 9.89. The average Bonchev–Trinajstić information content (AvgIpc) is 2.98. The third-order valence-corrected chi connectivity index (χ3v) is 6.74. The Kier molecular flexibility index (Phi) is 5.05. The van der Waals surface area contributed by atoms with Gasteiger partial charge in [-0.25, -0.2) is 4.98 Å². The van der Waals surface area contributed by atoms with Crippen LogP contribution in [0.3, 0.4) is 0 Å². The van der Waals surface area contributed by atoms with E-state index in [0.29, 0.717) is 17.7 Å². The number of nitrogens with zero attached hydrogens (tertiary/aromatic N) is 1. The van der Waals surface area contributed by atoms with Gasteiger partial charge in [-0.2, -0.15) is 0 Å². The predicted octanol–water partition coefficient (Wildman–Crippen LogP) is 4.59. The Morgan fingerprint density at radius 3 is 2.96 bits per heavy atom. The number of H-pyrrole nitrogens is 1. The highest BCUT2D eigenvalue weighted by Crippen LogP contribution is 2.36. The molecule has 26 heavy (non-hydrogen) atoms. The molecule has 4 nitrogen and oxygen atoms in total. The number of aryl methyl sites for hydroxylation is 2. The number of aromatic amines is 1. The first-order chi connectivity index (χ1) is 12.6. The first kappa shape index (κ1) is 17.6. The summed E-state index contributed by atoms with van der Waals surface area (Å²) < 4.78 is 5.74. The molecular weight excluding hydrogens is 364 g/mol. The van der Waals surface area contributed by atoms with E-state index in [0.717, 1.165) is 41.0 Å². The minimum absolute atomic E-state index is 0.00371. The zero-order valence-corrected chi connectivity index (χ0v) is 16.6. The Hall–Kier alpha value is -1.79. The standard InChI is InChI=1S/C20H22N2O2S2/c1-12-3-6-14(7-4-12)24-9-10-25-20-21-18(23)17-15-8-5-13(2)11-16(15)26-19(17)22-20/h3-4,6-7,13H,5,8-11H2,1-2H3,(H,21,22,23)/t13-/m0/s1. The second kappa shape index (κ2) is 7.45. The van der Waals surface area contributed by atoms with E-state index in [9.17, 15) is 4.79 Å². The van der Waals surface area contributed by atoms with Crippen molar-refractivity contribution < 1.29 is 4.74 Å². The SMILES string of the molecule is Cc1ccc(OCCSc2nc3sc4c(c3c(=O)[nH]2)CC[C@H](C)C4)cc1. The molecule has 136 valence electrons. The Bertz CT molecular complexity index is 976. The number of hydrogen-bond acceptors (Lipinski definition) is 5. The van der Waals surface area contributed by atoms with Crippen molar-refractivity contribution >= 4 is 33.3 Å². The number of nitrogens with one attached hydrogen (secondary N) is 1. The van der Waals surface area contributed by atoms with Crippen molar-refractivity contribution in [3.05, 3.63) is 50.6 Å². The van der Waals surface area contributed by atoms with E-state index >= 15 is 0 Å². The Balaban J connectivity index is 1.44. The van der Waals surface area contributed by atoms with Crippen molar-refractivity contribution in [2.24, 2.45) is 5.92 Å². The summed E-state index contributed by atoms with van der Waals surface area (Å²) in [6, 6.07) is 8.02. The lowest BCUT2D eigenvalue weighted by Gasteiger charge is -2.17. The van der Waals surface area contributed by atoms with E-state index < -0.39 is 0 Å². The summed E-state index contributed by atoms with van der Waals surface area (Å²) in [6.07, 6.45) is 3.23. The summed E-state index contributed by atoms with van der Waals surface area (Å²) in [5.41, 5.74) is 2.45. The summed E-state index contributed by atoms with van der Waals surface area (Å²) in [7, 11) is 0. The van der Waals surface area contributed by atoms with E-state index in [1.54, 1.807) is 11.3 Å². The number of rotatable bonds is 5. The van der Waals surface area contributed by atoms with Crippen molar-refractivity contribution in [3.63, 3.8) is 0 Å². The highest BCUT2D eigenvalue weighted by molar-refractivity contribution is 7.99. The van der Waals surface area contributed by atoms with E-state index in [-0.39, 0.29) is 5.56 Å². The lowest BCUT2D eigenvalue weighted by molar-refractivity contribution is 0.344. The molecule has 3 aromatic rings. The van der Waals surface area contributed by atoms with Crippen LogP contribution in [0.2, 0.25) is 0 Å². The third-order valence-electron chi connectivity index (χ3n) is 4.76. The van der Waals surface area contributed by atoms with Gasteiger partial charge in [-0.1, -0.05) is 36.4 Å². The minimum atomic E-state index is 0.00371. The zero-order valence-electron chi connectivity index (χ0n) is 15.0. The maximum absolute atomic E-state index is 12.6. The Morgan fingerprint density at radius 1 is 1.35 bits per heavy atom. The van der Waals surface area contributed by atoms with Gasteiger partial charge in [-0.3, -0.25) is 4.79 Å². The van der Waals surface area contributed by atoms with Gasteiger partial charge in [0.15, 0.2) is 5.16 Å². The van der Waals surface area contributed by atoms with Crippen molar-refractivity contribution in [2.75, 3.05) is 12.4 Å². The summed E-state index contributed by atoms with van der Waals surface area (Å²) in [5.74, 6) is 2.31. The van der Waals surface area contributed by atoms with Crippen molar-refractivity contribution in [3.8, 4) is 5.75 Å². The number of thioether (sulfide) groups is 1. The fourth-order valence-corrected chi connectivity index (χ4v) is 5.45. The molecule has 2 heterocycles. The van der Waals surface area contributed by atoms with Gasteiger partial charge in [-0.15, -0.1) is 11.3 Å². The molecule has 0 fully saturated rings. The molecule has 1 aliphatic carbocycles. The minimum Gasteiger partial charge on any atom is -0.493 e. The first-order valence-corrected chi connectivity index (χ1v) is 10.8. The van der Waals surface area contributed by atoms with Crippen LogP contribution in [0, 0.1) is 12.8 Å². The molecule has 1 atom stereocenters. The van der Waals surface area contributed by atoms with Crippen molar-refractivity contribution in [1.29, 1.82) is 0 Å². The normalized spacial score (nSPS) is 16.6. The Morgan fingerprint density at radius 2 is 2.15 bits per heavy atom. The zero-order chi connectivity index (χ0) is 18.1. The molecule has 0 spiro atoms. The highest BCUT2D eigenvalue weighted by atomic mass is 32.2. The summed E-state index contributed by atoms with van der Waals surface area (Å²) in [5, 5.41) is 1.50. The number of fused-ring (bicyclic) bond motifs is 3. The lowest BCUT2D eigenvalue weighted by Crippen LogP contribution is -2.13. The van der Waals surface area contributed by atoms with Crippen molar-refractivity contribution in [2.45, 2.75) is 38.3 Å². The molecule has 2 aromatic heterocycles. The number of benzene rings is 1. The molecule has 1 aliphatic rings. The third kappa shape index (κ3) is 3.67. The van der Waals surface area contributed by atoms with Gasteiger partial charge in [0.2, 0.25) is 0 Å². The molecule has 1 N–H and O–H groups in total. The van der Waals surface area contributed by atoms with Crippen LogP contribution in [-0.2, 0) is 12.8 Å². The van der Waals surface area contributed by atoms with Gasteiger partial charge in [0.1, 0.15) is 10.6 Å². The van der Waals surface area contributed by atoms with Crippen LogP contribution in [0.4, 0.5) is 0 Å². The van der Waals surface area contributed by atoms with Gasteiger partial charge >= 0.3 is 0 Å². The van der Waals surface area contributed by atoms with Crippen LogP contribution in [0.25, 0.3) is 10.2 Å². The summed E-state index contributed by atoms with van der Waals surface area (Å²) in [6.45, 7) is 4.91. The maximum Gasteiger partial charge on any atom is 0.260 e. The predicted molar refractivity (Wildman–Crippen MR) is 109 cm³/mol. The second-order valence-corrected chi connectivity index (χ2v) is 9.08. The van der Waals surface area contributed by atoms with Crippen LogP contribution in [0.15, 0.2) is 34.2 Å². The molecule has 6 heteroatoms. The van der Waals surface area contributed by atoms with Crippen molar-refractivity contribution in [1.82, 2.24) is 9.97 Å². The largest absolute Gasteiger partial charge is 0.493 e. The average molecular weight is 387 g/mol. The number of aromatic nitrogens is 2. The molecule has 4 rings (SSSR count). The molecule has 0 saturated carbocycles. The van der Waals surface area contributed by atoms with Crippen LogP contribution in [-0.4, -0.2) is 22.3 Å². The highest BCUT2D eigenvalue weighted by Gasteiger charge is 2.23. The smallest absolute Gasteiger partial charge is 0.260 e. The van der Waals surface area contributed by atoms with Crippen LogP contribution < -0.4 is 10.3 Å². The quantitative estimate of drug-likeness (QED) is 0.396. The van der Waals surface area contributed by atoms with Gasteiger partial charge in [-0.05, 0) is 49.8 Å². The van der Waals surface area contributed by atoms with E-state index in [1.807, 2.05) is 24.3 Å². The van der Waals surface area contributed by atoms with E-state index in [4.69, 9.17) is 9.72 Å².